The molecule has 1 heterocycles. The van der Waals surface area contributed by atoms with Crippen molar-refractivity contribution in [3.8, 4) is 10.4 Å². The van der Waals surface area contributed by atoms with Gasteiger partial charge >= 0.3 is 0 Å². The van der Waals surface area contributed by atoms with E-state index in [-0.39, 0.29) is 0 Å². The van der Waals surface area contributed by atoms with Gasteiger partial charge in [-0.1, -0.05) is 22.0 Å². The fourth-order valence-electron chi connectivity index (χ4n) is 1.72. The smallest absolute Gasteiger partial charge is 0.0348 e. The van der Waals surface area contributed by atoms with Crippen molar-refractivity contribution in [2.45, 2.75) is 13.3 Å². The maximum atomic E-state index is 5.56. The van der Waals surface area contributed by atoms with Crippen LogP contribution in [0, 0.1) is 6.92 Å². The average Bonchev–Trinajstić information content (AvgIpc) is 2.67. The quantitative estimate of drug-likeness (QED) is 0.910. The van der Waals surface area contributed by atoms with Crippen LogP contribution in [0.15, 0.2) is 34.1 Å². The zero-order valence-corrected chi connectivity index (χ0v) is 11.6. The van der Waals surface area contributed by atoms with Crippen molar-refractivity contribution in [2.24, 2.45) is 5.73 Å². The number of thiophene rings is 1. The van der Waals surface area contributed by atoms with Gasteiger partial charge in [-0.2, -0.15) is 0 Å². The minimum atomic E-state index is 0.718. The van der Waals surface area contributed by atoms with Crippen LogP contribution in [0.4, 0.5) is 0 Å². The van der Waals surface area contributed by atoms with Gasteiger partial charge in [0.2, 0.25) is 0 Å². The topological polar surface area (TPSA) is 26.0 Å². The molecule has 0 saturated heterocycles. The molecule has 0 amide bonds. The van der Waals surface area contributed by atoms with E-state index in [9.17, 15) is 0 Å². The van der Waals surface area contributed by atoms with E-state index in [2.05, 4.69) is 52.5 Å². The Balaban J connectivity index is 2.35. The first-order valence-electron chi connectivity index (χ1n) is 5.24. The molecule has 2 aromatic rings. The summed E-state index contributed by atoms with van der Waals surface area (Å²) in [6.45, 7) is 2.86. The third-order valence-corrected chi connectivity index (χ3v) is 4.05. The van der Waals surface area contributed by atoms with Gasteiger partial charge in [-0.15, -0.1) is 11.3 Å². The lowest BCUT2D eigenvalue weighted by Gasteiger charge is -2.03. The third-order valence-electron chi connectivity index (χ3n) is 2.54. The number of benzene rings is 1. The Hall–Kier alpha value is -0.640. The van der Waals surface area contributed by atoms with Crippen LogP contribution in [-0.4, -0.2) is 6.54 Å². The Morgan fingerprint density at radius 1 is 1.31 bits per heavy atom. The van der Waals surface area contributed by atoms with Gasteiger partial charge in [0.25, 0.3) is 0 Å². The van der Waals surface area contributed by atoms with Crippen molar-refractivity contribution < 1.29 is 0 Å². The minimum Gasteiger partial charge on any atom is -0.330 e. The largest absolute Gasteiger partial charge is 0.330 e. The van der Waals surface area contributed by atoms with E-state index in [0.29, 0.717) is 0 Å². The third kappa shape index (κ3) is 2.54. The summed E-state index contributed by atoms with van der Waals surface area (Å²) in [5.41, 5.74) is 9.51. The summed E-state index contributed by atoms with van der Waals surface area (Å²) in [6.07, 6.45) is 0.964. The van der Waals surface area contributed by atoms with Crippen molar-refractivity contribution in [3.63, 3.8) is 0 Å². The summed E-state index contributed by atoms with van der Waals surface area (Å²) in [5.74, 6) is 0. The highest BCUT2D eigenvalue weighted by Crippen LogP contribution is 2.31. The lowest BCUT2D eigenvalue weighted by atomic mass is 10.1. The molecule has 0 atom stereocenters. The molecule has 0 radical (unpaired) electrons. The monoisotopic (exact) mass is 295 g/mol. The van der Waals surface area contributed by atoms with Gasteiger partial charge in [-0.25, -0.2) is 0 Å². The number of rotatable bonds is 3. The van der Waals surface area contributed by atoms with Crippen LogP contribution in [0.2, 0.25) is 0 Å². The molecular weight excluding hydrogens is 282 g/mol. The molecule has 0 unspecified atom stereocenters. The van der Waals surface area contributed by atoms with Crippen LogP contribution in [0.3, 0.4) is 0 Å². The van der Waals surface area contributed by atoms with E-state index in [0.717, 1.165) is 17.4 Å². The first-order valence-corrected chi connectivity index (χ1v) is 6.92. The standard InChI is InChI=1S/C13H14BrNS/c1-9-6-11(14)2-3-12(9)13-7-10(4-5-15)8-16-13/h2-3,6-8H,4-5,15H2,1H3. The van der Waals surface area contributed by atoms with Crippen LogP contribution in [0.5, 0.6) is 0 Å². The summed E-state index contributed by atoms with van der Waals surface area (Å²) in [6, 6.07) is 8.65. The van der Waals surface area contributed by atoms with E-state index >= 15 is 0 Å². The zero-order chi connectivity index (χ0) is 11.5. The molecule has 2 rings (SSSR count). The molecule has 2 N–H and O–H groups in total. The van der Waals surface area contributed by atoms with Crippen molar-refractivity contribution in [3.05, 3.63) is 45.2 Å². The predicted molar refractivity (Wildman–Crippen MR) is 75.0 cm³/mol. The molecule has 1 nitrogen and oxygen atoms in total. The molecule has 16 heavy (non-hydrogen) atoms. The molecule has 0 aliphatic heterocycles. The second-order valence-corrected chi connectivity index (χ2v) is 5.64. The number of nitrogens with two attached hydrogens (primary N) is 1. The highest BCUT2D eigenvalue weighted by molar-refractivity contribution is 9.10. The Kier molecular flexibility index (Phi) is 3.79. The van der Waals surface area contributed by atoms with Crippen LogP contribution >= 0.6 is 27.3 Å². The number of aryl methyl sites for hydroxylation is 1. The van der Waals surface area contributed by atoms with Crippen LogP contribution < -0.4 is 5.73 Å². The second kappa shape index (κ2) is 5.13. The molecular formula is C13H14BrNS. The van der Waals surface area contributed by atoms with Crippen molar-refractivity contribution >= 4 is 27.3 Å². The van der Waals surface area contributed by atoms with Crippen LogP contribution in [-0.2, 0) is 6.42 Å². The second-order valence-electron chi connectivity index (χ2n) is 3.82. The first kappa shape index (κ1) is 11.8. The summed E-state index contributed by atoms with van der Waals surface area (Å²) in [7, 11) is 0. The van der Waals surface area contributed by atoms with Gasteiger partial charge < -0.3 is 5.73 Å². The summed E-state index contributed by atoms with van der Waals surface area (Å²) >= 11 is 5.28. The van der Waals surface area contributed by atoms with E-state index in [1.54, 1.807) is 11.3 Å². The highest BCUT2D eigenvalue weighted by Gasteiger charge is 2.05. The predicted octanol–water partition coefficient (Wildman–Crippen LogP) is 3.99. The van der Waals surface area contributed by atoms with E-state index < -0.39 is 0 Å². The van der Waals surface area contributed by atoms with E-state index in [1.165, 1.54) is 21.6 Å². The molecule has 0 bridgehead atoms. The average molecular weight is 296 g/mol. The molecule has 0 saturated carbocycles. The Morgan fingerprint density at radius 3 is 2.81 bits per heavy atom. The van der Waals surface area contributed by atoms with Gasteiger partial charge in [-0.05, 0) is 60.2 Å². The van der Waals surface area contributed by atoms with E-state index in [4.69, 9.17) is 5.73 Å². The van der Waals surface area contributed by atoms with Gasteiger partial charge in [0.1, 0.15) is 0 Å². The SMILES string of the molecule is Cc1cc(Br)ccc1-c1cc(CCN)cs1. The normalized spacial score (nSPS) is 10.7. The minimum absolute atomic E-state index is 0.718. The van der Waals surface area contributed by atoms with Gasteiger partial charge in [-0.3, -0.25) is 0 Å². The van der Waals surface area contributed by atoms with Crippen LogP contribution in [0.25, 0.3) is 10.4 Å². The molecule has 0 fully saturated rings. The number of hydrogen-bond acceptors (Lipinski definition) is 2. The highest BCUT2D eigenvalue weighted by atomic mass is 79.9. The van der Waals surface area contributed by atoms with Crippen molar-refractivity contribution in [1.82, 2.24) is 0 Å². The van der Waals surface area contributed by atoms with Crippen LogP contribution in [0.1, 0.15) is 11.1 Å². The Bertz CT molecular complexity index is 490. The fraction of sp³-hybridized carbons (Fsp3) is 0.231. The number of hydrogen-bond donors (Lipinski definition) is 1. The lowest BCUT2D eigenvalue weighted by Crippen LogP contribution is -2.01. The summed E-state index contributed by atoms with van der Waals surface area (Å²) in [4.78, 5) is 1.33. The van der Waals surface area contributed by atoms with Gasteiger partial charge in [0.15, 0.2) is 0 Å². The maximum Gasteiger partial charge on any atom is 0.0348 e. The number of halogens is 1. The maximum absolute atomic E-state index is 5.56. The Labute approximate surface area is 108 Å². The first-order chi connectivity index (χ1) is 7.70. The molecule has 3 heteroatoms. The van der Waals surface area contributed by atoms with Crippen molar-refractivity contribution in [1.29, 1.82) is 0 Å². The molecule has 1 aromatic carbocycles. The van der Waals surface area contributed by atoms with Crippen molar-refractivity contribution in [2.75, 3.05) is 6.54 Å². The molecule has 84 valence electrons. The fourth-order valence-corrected chi connectivity index (χ4v) is 3.23. The molecule has 0 aliphatic carbocycles. The summed E-state index contributed by atoms with van der Waals surface area (Å²) in [5, 5.41) is 2.20. The Morgan fingerprint density at radius 2 is 2.12 bits per heavy atom. The van der Waals surface area contributed by atoms with Gasteiger partial charge in [0, 0.05) is 9.35 Å². The summed E-state index contributed by atoms with van der Waals surface area (Å²) < 4.78 is 1.13. The lowest BCUT2D eigenvalue weighted by molar-refractivity contribution is 0.974. The molecule has 0 spiro atoms. The molecule has 0 aliphatic rings. The molecule has 1 aromatic heterocycles. The van der Waals surface area contributed by atoms with E-state index in [1.807, 2.05) is 0 Å². The zero-order valence-electron chi connectivity index (χ0n) is 9.16. The van der Waals surface area contributed by atoms with Gasteiger partial charge in [0.05, 0.1) is 0 Å².